The Balaban J connectivity index is 2.34. The molecule has 0 bridgehead atoms. The van der Waals surface area contributed by atoms with Gasteiger partial charge in [0.2, 0.25) is 10.0 Å². The van der Waals surface area contributed by atoms with E-state index in [1.807, 2.05) is 0 Å². The highest BCUT2D eigenvalue weighted by Crippen LogP contribution is 2.29. The summed E-state index contributed by atoms with van der Waals surface area (Å²) in [5, 5.41) is 0.109. The van der Waals surface area contributed by atoms with Crippen molar-refractivity contribution in [2.45, 2.75) is 17.9 Å². The summed E-state index contributed by atoms with van der Waals surface area (Å²) in [6, 6.07) is 5.56. The summed E-state index contributed by atoms with van der Waals surface area (Å²) in [4.78, 5) is 10.5. The van der Waals surface area contributed by atoms with Crippen molar-refractivity contribution in [1.29, 1.82) is 0 Å². The first-order valence-electron chi connectivity index (χ1n) is 7.28. The van der Waals surface area contributed by atoms with E-state index >= 15 is 0 Å². The minimum absolute atomic E-state index is 0.0448. The molecule has 0 aliphatic carbocycles. The van der Waals surface area contributed by atoms with Crippen LogP contribution in [0.4, 0.5) is 8.78 Å². The predicted molar refractivity (Wildman–Crippen MR) is 91.2 cm³/mol. The Morgan fingerprint density at radius 1 is 1.27 bits per heavy atom. The van der Waals surface area contributed by atoms with Gasteiger partial charge >= 0.3 is 0 Å². The Kier molecular flexibility index (Phi) is 6.17. The molecule has 140 valence electrons. The van der Waals surface area contributed by atoms with Gasteiger partial charge in [-0.1, -0.05) is 17.7 Å². The molecule has 10 heteroatoms. The van der Waals surface area contributed by atoms with Gasteiger partial charge in [0, 0.05) is 22.7 Å². The van der Waals surface area contributed by atoms with Crippen molar-refractivity contribution in [2.24, 2.45) is 5.73 Å². The van der Waals surface area contributed by atoms with Gasteiger partial charge in [0.05, 0.1) is 0 Å². The highest BCUT2D eigenvalue weighted by Gasteiger charge is 2.24. The van der Waals surface area contributed by atoms with Gasteiger partial charge in [-0.2, -0.15) is 0 Å². The second kappa shape index (κ2) is 7.98. The first-order chi connectivity index (χ1) is 12.1. The molecule has 2 aromatic carbocycles. The zero-order valence-corrected chi connectivity index (χ0v) is 15.1. The number of sulfonamides is 1. The van der Waals surface area contributed by atoms with Crippen LogP contribution in [0.25, 0.3) is 0 Å². The summed E-state index contributed by atoms with van der Waals surface area (Å²) in [5.41, 5.74) is 4.94. The van der Waals surface area contributed by atoms with Gasteiger partial charge in [-0.15, -0.1) is 0 Å². The third kappa shape index (κ3) is 4.90. The lowest BCUT2D eigenvalue weighted by molar-refractivity contribution is -0.120. The van der Waals surface area contributed by atoms with Crippen LogP contribution in [0.3, 0.4) is 0 Å². The van der Waals surface area contributed by atoms with E-state index in [-0.39, 0.29) is 21.2 Å². The minimum Gasteiger partial charge on any atom is -0.482 e. The number of hydrogen-bond acceptors (Lipinski definition) is 4. The minimum atomic E-state index is -4.21. The molecule has 2 aromatic rings. The van der Waals surface area contributed by atoms with Crippen molar-refractivity contribution in [2.75, 3.05) is 6.61 Å². The number of rotatable bonds is 7. The van der Waals surface area contributed by atoms with Crippen LogP contribution in [0, 0.1) is 11.6 Å². The van der Waals surface area contributed by atoms with Crippen LogP contribution >= 0.6 is 11.6 Å². The zero-order chi connectivity index (χ0) is 19.5. The standard InChI is InChI=1S/C16H15ClF2N2O4S/c1-9(12-4-3-11(18)7-13(12)19)21-26(23,24)15-6-10(17)2-5-14(15)25-8-16(20)22/h2-7,9,21H,8H2,1H3,(H2,20,22)/t9-/m1/s1. The van der Waals surface area contributed by atoms with Crippen LogP contribution in [-0.4, -0.2) is 20.9 Å². The van der Waals surface area contributed by atoms with E-state index in [1.165, 1.54) is 19.1 Å². The molecule has 0 radical (unpaired) electrons. The zero-order valence-electron chi connectivity index (χ0n) is 13.5. The van der Waals surface area contributed by atoms with E-state index in [2.05, 4.69) is 4.72 Å². The lowest BCUT2D eigenvalue weighted by atomic mass is 10.1. The van der Waals surface area contributed by atoms with Crippen LogP contribution in [0.2, 0.25) is 5.02 Å². The van der Waals surface area contributed by atoms with Crippen LogP contribution in [0.1, 0.15) is 18.5 Å². The van der Waals surface area contributed by atoms with Crippen molar-refractivity contribution in [3.63, 3.8) is 0 Å². The van der Waals surface area contributed by atoms with Crippen molar-refractivity contribution in [3.05, 3.63) is 58.6 Å². The number of hydrogen-bond donors (Lipinski definition) is 2. The highest BCUT2D eigenvalue weighted by atomic mass is 35.5. The number of halogens is 3. The molecule has 0 unspecified atom stereocenters. The highest BCUT2D eigenvalue weighted by molar-refractivity contribution is 7.89. The summed E-state index contributed by atoms with van der Waals surface area (Å²) < 4.78 is 59.5. The molecule has 0 aromatic heterocycles. The molecule has 0 heterocycles. The van der Waals surface area contributed by atoms with Crippen molar-refractivity contribution in [1.82, 2.24) is 4.72 Å². The summed E-state index contributed by atoms with van der Waals surface area (Å²) in [6.45, 7) is 0.856. The van der Waals surface area contributed by atoms with E-state index in [9.17, 15) is 22.0 Å². The molecule has 0 saturated heterocycles. The van der Waals surface area contributed by atoms with Gasteiger partial charge < -0.3 is 10.5 Å². The predicted octanol–water partition coefficient (Wildman–Crippen LogP) is 2.52. The average molecular weight is 405 g/mol. The normalized spacial score (nSPS) is 12.6. The van der Waals surface area contributed by atoms with Crippen LogP contribution in [0.5, 0.6) is 5.75 Å². The van der Waals surface area contributed by atoms with Crippen molar-refractivity contribution < 1.29 is 26.7 Å². The number of amides is 1. The largest absolute Gasteiger partial charge is 0.482 e. The molecule has 1 atom stereocenters. The maximum absolute atomic E-state index is 13.9. The van der Waals surface area contributed by atoms with Gasteiger partial charge in [-0.3, -0.25) is 4.79 Å². The molecule has 3 N–H and O–H groups in total. The molecular weight excluding hydrogens is 390 g/mol. The van der Waals surface area contributed by atoms with Gasteiger partial charge in [0.25, 0.3) is 5.91 Å². The lowest BCUT2D eigenvalue weighted by Gasteiger charge is -2.17. The van der Waals surface area contributed by atoms with E-state index in [4.69, 9.17) is 22.1 Å². The number of carbonyl (C=O) groups is 1. The average Bonchev–Trinajstić information content (AvgIpc) is 2.52. The number of nitrogens with two attached hydrogens (primary N) is 1. The molecule has 0 aliphatic rings. The fourth-order valence-corrected chi connectivity index (χ4v) is 3.80. The van der Waals surface area contributed by atoms with Gasteiger partial charge in [-0.05, 0) is 31.2 Å². The Morgan fingerprint density at radius 2 is 1.96 bits per heavy atom. The second-order valence-corrected chi connectivity index (χ2v) is 7.47. The van der Waals surface area contributed by atoms with E-state index in [0.717, 1.165) is 18.2 Å². The molecule has 26 heavy (non-hydrogen) atoms. The first-order valence-corrected chi connectivity index (χ1v) is 9.14. The summed E-state index contributed by atoms with van der Waals surface area (Å²) in [5.74, 6) is -2.61. The number of ether oxygens (including phenoxy) is 1. The molecule has 6 nitrogen and oxygen atoms in total. The maximum Gasteiger partial charge on any atom is 0.255 e. The van der Waals surface area contributed by atoms with Gasteiger partial charge in [-0.25, -0.2) is 21.9 Å². The molecule has 2 rings (SSSR count). The molecule has 0 saturated carbocycles. The monoisotopic (exact) mass is 404 g/mol. The van der Waals surface area contributed by atoms with Gasteiger partial charge in [0.1, 0.15) is 22.3 Å². The number of nitrogens with one attached hydrogen (secondary N) is 1. The fourth-order valence-electron chi connectivity index (χ4n) is 2.17. The van der Waals surface area contributed by atoms with E-state index < -0.39 is 40.2 Å². The van der Waals surface area contributed by atoms with E-state index in [1.54, 1.807) is 0 Å². The summed E-state index contributed by atoms with van der Waals surface area (Å²) in [7, 11) is -4.21. The lowest BCUT2D eigenvalue weighted by Crippen LogP contribution is -2.28. The Hall–Kier alpha value is -2.23. The van der Waals surface area contributed by atoms with Crippen molar-refractivity contribution in [3.8, 4) is 5.75 Å². The molecule has 1 amide bonds. The van der Waals surface area contributed by atoms with Crippen molar-refractivity contribution >= 4 is 27.5 Å². The summed E-state index contributed by atoms with van der Waals surface area (Å²) >= 11 is 5.84. The molecule has 0 fully saturated rings. The Morgan fingerprint density at radius 3 is 2.58 bits per heavy atom. The Bertz CT molecular complexity index is 938. The van der Waals surface area contributed by atoms with Gasteiger partial charge in [0.15, 0.2) is 6.61 Å². The number of benzene rings is 2. The summed E-state index contributed by atoms with van der Waals surface area (Å²) in [6.07, 6.45) is 0. The quantitative estimate of drug-likeness (QED) is 0.740. The topological polar surface area (TPSA) is 98.5 Å². The van der Waals surface area contributed by atoms with Crippen LogP contribution in [0.15, 0.2) is 41.3 Å². The Labute approximate surface area is 154 Å². The third-order valence-corrected chi connectivity index (χ3v) is 5.12. The SMILES string of the molecule is C[C@@H](NS(=O)(=O)c1cc(Cl)ccc1OCC(N)=O)c1ccc(F)cc1F. The van der Waals surface area contributed by atoms with Crippen LogP contribution in [-0.2, 0) is 14.8 Å². The maximum atomic E-state index is 13.9. The molecular formula is C16H15ClF2N2O4S. The smallest absolute Gasteiger partial charge is 0.255 e. The third-order valence-electron chi connectivity index (χ3n) is 3.33. The molecule has 0 aliphatic heterocycles. The molecule has 0 spiro atoms. The fraction of sp³-hybridized carbons (Fsp3) is 0.188. The second-order valence-electron chi connectivity index (χ2n) is 5.35. The van der Waals surface area contributed by atoms with E-state index in [0.29, 0.717) is 6.07 Å². The number of carbonyl (C=O) groups excluding carboxylic acids is 1. The van der Waals surface area contributed by atoms with Crippen LogP contribution < -0.4 is 15.2 Å². The number of primary amides is 1. The first kappa shape index (κ1) is 20.1.